The van der Waals surface area contributed by atoms with Gasteiger partial charge in [0.25, 0.3) is 0 Å². The number of hydrogen-bond acceptors (Lipinski definition) is 7. The molecule has 0 radical (unpaired) electrons. The third-order valence-electron chi connectivity index (χ3n) is 4.77. The smallest absolute Gasteiger partial charge is 0.223 e. The minimum Gasteiger partial charge on any atom is -0.379 e. The van der Waals surface area contributed by atoms with Gasteiger partial charge in [0, 0.05) is 19.6 Å². The molecular weight excluding hydrogens is 350 g/mol. The Bertz CT molecular complexity index is 709. The molecule has 1 aliphatic rings. The Hall–Kier alpha value is -2.19. The summed E-state index contributed by atoms with van der Waals surface area (Å²) in [6.07, 6.45) is 3.25. The number of hydrogen-bond donors (Lipinski definition) is 3. The van der Waals surface area contributed by atoms with E-state index in [1.54, 1.807) is 7.11 Å². The second kappa shape index (κ2) is 8.95. The highest BCUT2D eigenvalue weighted by molar-refractivity contribution is 7.18. The molecule has 1 heterocycles. The molecule has 1 aromatic heterocycles. The van der Waals surface area contributed by atoms with Crippen LogP contribution in [0.5, 0.6) is 0 Å². The zero-order chi connectivity index (χ0) is 18.4. The van der Waals surface area contributed by atoms with Crippen LogP contribution >= 0.6 is 11.3 Å². The van der Waals surface area contributed by atoms with E-state index in [-0.39, 0.29) is 24.0 Å². The number of nitrogens with one attached hydrogen (secondary N) is 2. The van der Waals surface area contributed by atoms with Crippen LogP contribution in [0, 0.1) is 5.92 Å². The fourth-order valence-corrected chi connectivity index (χ4v) is 3.96. The molecule has 0 aliphatic heterocycles. The summed E-state index contributed by atoms with van der Waals surface area (Å²) in [5.41, 5.74) is 6.86. The molecule has 1 aliphatic carbocycles. The van der Waals surface area contributed by atoms with E-state index < -0.39 is 0 Å². The van der Waals surface area contributed by atoms with Gasteiger partial charge in [0.15, 0.2) is 0 Å². The van der Waals surface area contributed by atoms with Gasteiger partial charge >= 0.3 is 0 Å². The van der Waals surface area contributed by atoms with Crippen LogP contribution in [0.3, 0.4) is 0 Å². The molecule has 140 valence electrons. The quantitative estimate of drug-likeness (QED) is 0.685. The zero-order valence-corrected chi connectivity index (χ0v) is 15.7. The van der Waals surface area contributed by atoms with Crippen LogP contribution in [0.4, 0.5) is 10.3 Å². The molecule has 8 heteroatoms. The van der Waals surface area contributed by atoms with Crippen molar-refractivity contribution >= 4 is 27.5 Å². The van der Waals surface area contributed by atoms with Crippen molar-refractivity contribution in [3.05, 3.63) is 35.9 Å². The molecule has 0 saturated heterocycles. The first-order valence-corrected chi connectivity index (χ1v) is 9.67. The summed E-state index contributed by atoms with van der Waals surface area (Å²) in [6.45, 7) is 0.651. The van der Waals surface area contributed by atoms with Gasteiger partial charge in [-0.2, -0.15) is 0 Å². The Morgan fingerprint density at radius 1 is 1.31 bits per heavy atom. The van der Waals surface area contributed by atoms with Crippen molar-refractivity contribution in [3.8, 4) is 0 Å². The molecule has 1 amide bonds. The normalized spacial score (nSPS) is 22.7. The van der Waals surface area contributed by atoms with Gasteiger partial charge in [-0.3, -0.25) is 4.79 Å². The number of methoxy groups -OCH3 is 1. The molecule has 2 aromatic rings. The van der Waals surface area contributed by atoms with Crippen LogP contribution in [-0.2, 0) is 16.0 Å². The van der Waals surface area contributed by atoms with Crippen LogP contribution in [-0.4, -0.2) is 41.9 Å². The predicted octanol–water partition coefficient (Wildman–Crippen LogP) is 2.07. The van der Waals surface area contributed by atoms with E-state index in [9.17, 15) is 4.79 Å². The zero-order valence-electron chi connectivity index (χ0n) is 14.9. The second-order valence-corrected chi connectivity index (χ2v) is 7.52. The van der Waals surface area contributed by atoms with E-state index >= 15 is 0 Å². The largest absolute Gasteiger partial charge is 0.379 e. The minimum atomic E-state index is -0.0278. The number of carbonyl (C=O) groups excluding carboxylic acids is 1. The van der Waals surface area contributed by atoms with Crippen LogP contribution < -0.4 is 16.4 Å². The molecule has 0 unspecified atom stereocenters. The van der Waals surface area contributed by atoms with Gasteiger partial charge in [-0.1, -0.05) is 41.7 Å². The monoisotopic (exact) mass is 375 g/mol. The number of nitrogen functional groups attached to an aromatic ring is 1. The number of nitrogens with two attached hydrogens (primary N) is 1. The van der Waals surface area contributed by atoms with Crippen LogP contribution in [0.15, 0.2) is 30.3 Å². The molecule has 7 nitrogen and oxygen atoms in total. The van der Waals surface area contributed by atoms with Gasteiger partial charge < -0.3 is 21.1 Å². The van der Waals surface area contributed by atoms with E-state index in [1.165, 1.54) is 16.9 Å². The summed E-state index contributed by atoms with van der Waals surface area (Å²) in [4.78, 5) is 12.6. The summed E-state index contributed by atoms with van der Waals surface area (Å²) in [7, 11) is 1.70. The number of rotatable bonds is 7. The van der Waals surface area contributed by atoms with E-state index in [0.29, 0.717) is 23.2 Å². The molecule has 0 bridgehead atoms. The summed E-state index contributed by atoms with van der Waals surface area (Å²) >= 11 is 1.30. The molecule has 1 aromatic carbocycles. The minimum absolute atomic E-state index is 0.0194. The van der Waals surface area contributed by atoms with Gasteiger partial charge in [0.1, 0.15) is 0 Å². The Kier molecular flexibility index (Phi) is 6.40. The molecule has 0 spiro atoms. The van der Waals surface area contributed by atoms with Crippen molar-refractivity contribution in [1.29, 1.82) is 0 Å². The SMILES string of the molecule is CO[C@@H]1CC[C@H](C(=O)NCCc2ccccc2)C[C@H]1Nc1nnc(N)s1. The number of aromatic nitrogens is 2. The Morgan fingerprint density at radius 3 is 2.81 bits per heavy atom. The Labute approximate surface area is 157 Å². The number of carbonyl (C=O) groups is 1. The summed E-state index contributed by atoms with van der Waals surface area (Å²) in [5, 5.41) is 15.3. The molecule has 4 N–H and O–H groups in total. The first-order chi connectivity index (χ1) is 12.7. The summed E-state index contributed by atoms with van der Waals surface area (Å²) < 4.78 is 5.58. The standard InChI is InChI=1S/C18H25N5O2S/c1-25-15-8-7-13(11-14(15)21-18-23-22-17(19)26-18)16(24)20-10-9-12-5-3-2-4-6-12/h2-6,13-15H,7-11H2,1H3,(H2,19,22)(H,20,24)(H,21,23)/t13-,14+,15+/m0/s1. The van der Waals surface area contributed by atoms with Crippen molar-refractivity contribution in [3.63, 3.8) is 0 Å². The molecular formula is C18H25N5O2S. The molecule has 1 fully saturated rings. The van der Waals surface area contributed by atoms with Crippen molar-refractivity contribution in [2.45, 2.75) is 37.8 Å². The van der Waals surface area contributed by atoms with E-state index in [0.717, 1.165) is 19.3 Å². The van der Waals surface area contributed by atoms with Crippen LogP contribution in [0.2, 0.25) is 0 Å². The van der Waals surface area contributed by atoms with Crippen LogP contribution in [0.1, 0.15) is 24.8 Å². The molecule has 26 heavy (non-hydrogen) atoms. The van der Waals surface area contributed by atoms with E-state index in [1.807, 2.05) is 18.2 Å². The van der Waals surface area contributed by atoms with Crippen LogP contribution in [0.25, 0.3) is 0 Å². The first kappa shape index (κ1) is 18.6. The Balaban J connectivity index is 1.51. The lowest BCUT2D eigenvalue weighted by atomic mass is 9.83. The highest BCUT2D eigenvalue weighted by atomic mass is 32.1. The van der Waals surface area contributed by atoms with Gasteiger partial charge in [0.05, 0.1) is 12.1 Å². The van der Waals surface area contributed by atoms with E-state index in [4.69, 9.17) is 10.5 Å². The average Bonchev–Trinajstić information content (AvgIpc) is 3.07. The van der Waals surface area contributed by atoms with E-state index in [2.05, 4.69) is 33.0 Å². The molecule has 1 saturated carbocycles. The van der Waals surface area contributed by atoms with Gasteiger partial charge in [-0.25, -0.2) is 0 Å². The average molecular weight is 375 g/mol. The number of anilines is 2. The van der Waals surface area contributed by atoms with Crippen molar-refractivity contribution in [1.82, 2.24) is 15.5 Å². The van der Waals surface area contributed by atoms with Crippen molar-refractivity contribution in [2.24, 2.45) is 5.92 Å². The topological polar surface area (TPSA) is 102 Å². The molecule has 3 rings (SSSR count). The lowest BCUT2D eigenvalue weighted by Gasteiger charge is -2.35. The van der Waals surface area contributed by atoms with Gasteiger partial charge in [-0.05, 0) is 31.2 Å². The number of benzene rings is 1. The van der Waals surface area contributed by atoms with Crippen molar-refractivity contribution < 1.29 is 9.53 Å². The highest BCUT2D eigenvalue weighted by Crippen LogP contribution is 2.30. The maximum atomic E-state index is 12.6. The predicted molar refractivity (Wildman–Crippen MR) is 103 cm³/mol. The second-order valence-electron chi connectivity index (χ2n) is 6.51. The highest BCUT2D eigenvalue weighted by Gasteiger charge is 2.34. The molecule has 3 atom stereocenters. The lowest BCUT2D eigenvalue weighted by Crippen LogP contribution is -2.45. The number of amides is 1. The summed E-state index contributed by atoms with van der Waals surface area (Å²) in [5.74, 6) is 0.0824. The maximum Gasteiger partial charge on any atom is 0.223 e. The third kappa shape index (κ3) is 4.92. The first-order valence-electron chi connectivity index (χ1n) is 8.85. The Morgan fingerprint density at radius 2 is 2.12 bits per heavy atom. The van der Waals surface area contributed by atoms with Gasteiger partial charge in [-0.15, -0.1) is 10.2 Å². The third-order valence-corrected chi connectivity index (χ3v) is 5.45. The summed E-state index contributed by atoms with van der Waals surface area (Å²) in [6, 6.07) is 10.2. The lowest BCUT2D eigenvalue weighted by molar-refractivity contribution is -0.126. The maximum absolute atomic E-state index is 12.6. The van der Waals surface area contributed by atoms with Crippen molar-refractivity contribution in [2.75, 3.05) is 24.7 Å². The fraction of sp³-hybridized carbons (Fsp3) is 0.500. The fourth-order valence-electron chi connectivity index (χ4n) is 3.39. The number of ether oxygens (including phenoxy) is 1. The van der Waals surface area contributed by atoms with Gasteiger partial charge in [0.2, 0.25) is 16.2 Å². The number of nitrogens with zero attached hydrogens (tertiary/aromatic N) is 2.